The van der Waals surface area contributed by atoms with E-state index in [1.165, 1.54) is 5.69 Å². The molecule has 6 nitrogen and oxygen atoms in total. The molecule has 6 heteroatoms. The maximum Gasteiger partial charge on any atom is 0.410 e. The fourth-order valence-corrected chi connectivity index (χ4v) is 4.11. The minimum atomic E-state index is -0.473. The zero-order valence-corrected chi connectivity index (χ0v) is 16.0. The van der Waals surface area contributed by atoms with Crippen LogP contribution in [0.4, 0.5) is 4.79 Å². The summed E-state index contributed by atoms with van der Waals surface area (Å²) in [5.74, 6) is 0.108. The minimum absolute atomic E-state index is 0.107. The van der Waals surface area contributed by atoms with Crippen molar-refractivity contribution >= 4 is 11.9 Å². The van der Waals surface area contributed by atoms with Crippen molar-refractivity contribution < 1.29 is 14.3 Å². The number of carbonyl (C=O) groups is 2. The number of aromatic nitrogens is 1. The molecule has 0 radical (unpaired) electrons. The maximum atomic E-state index is 12.3. The summed E-state index contributed by atoms with van der Waals surface area (Å²) in [6.07, 6.45) is 1.47. The molecule has 1 spiro atoms. The second-order valence-electron chi connectivity index (χ2n) is 8.23. The van der Waals surface area contributed by atoms with Crippen molar-refractivity contribution in [1.82, 2.24) is 14.4 Å². The highest BCUT2D eigenvalue weighted by molar-refractivity contribution is 5.92. The molecule has 1 aromatic rings. The number of ketones is 1. The van der Waals surface area contributed by atoms with E-state index >= 15 is 0 Å². The van der Waals surface area contributed by atoms with Crippen LogP contribution in [0.2, 0.25) is 0 Å². The van der Waals surface area contributed by atoms with Gasteiger partial charge >= 0.3 is 6.09 Å². The monoisotopic (exact) mass is 347 g/mol. The first-order valence-corrected chi connectivity index (χ1v) is 9.04. The van der Waals surface area contributed by atoms with Crippen LogP contribution in [0.1, 0.15) is 56.7 Å². The SMILES string of the molecule is CC(=O)c1ccc2n1CCN(C)C21CCN(C(=O)OC(C)(C)C)CC1. The molecule has 0 N–H and O–H groups in total. The molecule has 0 bridgehead atoms. The lowest BCUT2D eigenvalue weighted by Crippen LogP contribution is -2.57. The molecule has 138 valence electrons. The lowest BCUT2D eigenvalue weighted by molar-refractivity contribution is -0.0118. The number of fused-ring (bicyclic) bond motifs is 2. The predicted octanol–water partition coefficient (Wildman–Crippen LogP) is 2.86. The first-order valence-electron chi connectivity index (χ1n) is 9.04. The fraction of sp³-hybridized carbons (Fsp3) is 0.684. The van der Waals surface area contributed by atoms with E-state index in [1.807, 2.05) is 26.8 Å². The third-order valence-corrected chi connectivity index (χ3v) is 5.45. The summed E-state index contributed by atoms with van der Waals surface area (Å²) in [6.45, 7) is 10.4. The van der Waals surface area contributed by atoms with Gasteiger partial charge in [0.1, 0.15) is 5.60 Å². The molecular weight excluding hydrogens is 318 g/mol. The Kier molecular flexibility index (Phi) is 4.43. The van der Waals surface area contributed by atoms with Crippen molar-refractivity contribution in [2.45, 2.75) is 58.2 Å². The molecule has 0 atom stereocenters. The lowest BCUT2D eigenvalue weighted by atomic mass is 9.81. The molecule has 1 saturated heterocycles. The van der Waals surface area contributed by atoms with Gasteiger partial charge in [0.2, 0.25) is 0 Å². The number of ether oxygens (including phenoxy) is 1. The highest BCUT2D eigenvalue weighted by atomic mass is 16.6. The Hall–Kier alpha value is -1.82. The Morgan fingerprint density at radius 1 is 1.08 bits per heavy atom. The van der Waals surface area contributed by atoms with E-state index in [1.54, 1.807) is 11.8 Å². The largest absolute Gasteiger partial charge is 0.444 e. The van der Waals surface area contributed by atoms with Crippen molar-refractivity contribution in [3.63, 3.8) is 0 Å². The van der Waals surface area contributed by atoms with Crippen LogP contribution in [0.5, 0.6) is 0 Å². The van der Waals surface area contributed by atoms with Gasteiger partial charge in [-0.15, -0.1) is 0 Å². The highest BCUT2D eigenvalue weighted by Gasteiger charge is 2.45. The van der Waals surface area contributed by atoms with Gasteiger partial charge in [-0.1, -0.05) is 0 Å². The number of likely N-dealkylation sites (N-methyl/N-ethyl adjacent to an activating group) is 1. The summed E-state index contributed by atoms with van der Waals surface area (Å²) in [5.41, 5.74) is 1.41. The summed E-state index contributed by atoms with van der Waals surface area (Å²) >= 11 is 0. The van der Waals surface area contributed by atoms with Crippen LogP contribution in [0.3, 0.4) is 0 Å². The topological polar surface area (TPSA) is 54.8 Å². The number of hydrogen-bond acceptors (Lipinski definition) is 4. The van der Waals surface area contributed by atoms with Crippen molar-refractivity contribution in [2.75, 3.05) is 26.7 Å². The van der Waals surface area contributed by atoms with Gasteiger partial charge in [-0.2, -0.15) is 0 Å². The summed E-state index contributed by atoms with van der Waals surface area (Å²) in [4.78, 5) is 28.4. The third-order valence-electron chi connectivity index (χ3n) is 5.45. The molecule has 3 rings (SSSR count). The summed E-state index contributed by atoms with van der Waals surface area (Å²) in [7, 11) is 2.15. The number of hydrogen-bond donors (Lipinski definition) is 0. The van der Waals surface area contributed by atoms with E-state index in [0.717, 1.165) is 31.6 Å². The van der Waals surface area contributed by atoms with Crippen molar-refractivity contribution in [3.8, 4) is 0 Å². The number of piperidine rings is 1. The first-order chi connectivity index (χ1) is 11.6. The number of nitrogens with zero attached hydrogens (tertiary/aromatic N) is 3. The van der Waals surface area contributed by atoms with Crippen LogP contribution >= 0.6 is 0 Å². The van der Waals surface area contributed by atoms with Crippen LogP contribution < -0.4 is 0 Å². The van der Waals surface area contributed by atoms with Crippen LogP contribution in [0.15, 0.2) is 12.1 Å². The van der Waals surface area contributed by atoms with E-state index in [-0.39, 0.29) is 17.4 Å². The van der Waals surface area contributed by atoms with Crippen LogP contribution in [0.25, 0.3) is 0 Å². The Balaban J connectivity index is 1.81. The van der Waals surface area contributed by atoms with Gasteiger partial charge in [-0.3, -0.25) is 9.69 Å². The Bertz CT molecular complexity index is 679. The van der Waals surface area contributed by atoms with Crippen molar-refractivity contribution in [3.05, 3.63) is 23.5 Å². The van der Waals surface area contributed by atoms with E-state index in [4.69, 9.17) is 4.74 Å². The maximum absolute atomic E-state index is 12.3. The minimum Gasteiger partial charge on any atom is -0.444 e. The number of carbonyl (C=O) groups excluding carboxylic acids is 2. The van der Waals surface area contributed by atoms with E-state index in [0.29, 0.717) is 13.1 Å². The van der Waals surface area contributed by atoms with Gasteiger partial charge in [-0.25, -0.2) is 4.79 Å². The second kappa shape index (κ2) is 6.16. The molecule has 1 amide bonds. The summed E-state index contributed by atoms with van der Waals surface area (Å²) in [6, 6.07) is 4.04. The van der Waals surface area contributed by atoms with E-state index < -0.39 is 5.60 Å². The van der Waals surface area contributed by atoms with Crippen LogP contribution in [-0.2, 0) is 16.8 Å². The number of likely N-dealkylation sites (tertiary alicyclic amines) is 1. The quantitative estimate of drug-likeness (QED) is 0.733. The van der Waals surface area contributed by atoms with Crippen LogP contribution in [0, 0.1) is 0 Å². The number of amides is 1. The average Bonchev–Trinajstić information content (AvgIpc) is 2.95. The van der Waals surface area contributed by atoms with Crippen molar-refractivity contribution in [2.24, 2.45) is 0 Å². The van der Waals surface area contributed by atoms with Gasteiger partial charge in [0, 0.05) is 38.8 Å². The Labute approximate surface area is 149 Å². The summed E-state index contributed by atoms with van der Waals surface area (Å²) in [5, 5.41) is 0. The second-order valence-corrected chi connectivity index (χ2v) is 8.23. The molecular formula is C19H29N3O3. The molecule has 25 heavy (non-hydrogen) atoms. The zero-order valence-electron chi connectivity index (χ0n) is 16.0. The normalized spacial score (nSPS) is 20.4. The standard InChI is InChI=1S/C19H29N3O3/c1-14(23)15-6-7-16-19(20(5)12-13-22(15)16)8-10-21(11-9-19)17(24)25-18(2,3)4/h6-7H,8-13H2,1-5H3. The molecule has 0 aromatic carbocycles. The molecule has 0 unspecified atom stereocenters. The number of rotatable bonds is 1. The van der Waals surface area contributed by atoms with Crippen molar-refractivity contribution in [1.29, 1.82) is 0 Å². The molecule has 0 aliphatic carbocycles. The van der Waals surface area contributed by atoms with E-state index in [2.05, 4.69) is 22.6 Å². The van der Waals surface area contributed by atoms with Crippen LogP contribution in [-0.4, -0.2) is 58.5 Å². The molecule has 0 saturated carbocycles. The molecule has 2 aliphatic heterocycles. The molecule has 3 heterocycles. The third kappa shape index (κ3) is 3.19. The Morgan fingerprint density at radius 2 is 1.72 bits per heavy atom. The van der Waals surface area contributed by atoms with Gasteiger partial charge in [-0.05, 0) is 52.8 Å². The molecule has 1 fully saturated rings. The molecule has 2 aliphatic rings. The highest BCUT2D eigenvalue weighted by Crippen LogP contribution is 2.41. The predicted molar refractivity (Wildman–Crippen MR) is 95.8 cm³/mol. The number of Topliss-reactive ketones (excluding diaryl/α,β-unsaturated/α-hetero) is 1. The molecule has 1 aromatic heterocycles. The smallest absolute Gasteiger partial charge is 0.410 e. The zero-order chi connectivity index (χ0) is 18.4. The Morgan fingerprint density at radius 3 is 2.28 bits per heavy atom. The van der Waals surface area contributed by atoms with E-state index in [9.17, 15) is 9.59 Å². The van der Waals surface area contributed by atoms with Gasteiger partial charge in [0.15, 0.2) is 5.78 Å². The summed E-state index contributed by atoms with van der Waals surface area (Å²) < 4.78 is 7.68. The first kappa shape index (κ1) is 18.0. The lowest BCUT2D eigenvalue weighted by Gasteiger charge is -2.50. The van der Waals surface area contributed by atoms with Gasteiger partial charge < -0.3 is 14.2 Å². The fourth-order valence-electron chi connectivity index (χ4n) is 4.11. The van der Waals surface area contributed by atoms with Gasteiger partial charge in [0.25, 0.3) is 0 Å². The van der Waals surface area contributed by atoms with Gasteiger partial charge in [0.05, 0.1) is 11.2 Å². The average molecular weight is 347 g/mol.